The molecule has 0 saturated carbocycles. The van der Waals surface area contributed by atoms with Crippen molar-refractivity contribution in [1.82, 2.24) is 5.32 Å². The maximum Gasteiger partial charge on any atom is 0.237 e. The van der Waals surface area contributed by atoms with E-state index in [1.807, 2.05) is 44.2 Å². The molecular weight excluding hydrogens is 268 g/mol. The molecule has 0 aliphatic rings. The van der Waals surface area contributed by atoms with Gasteiger partial charge in [0.15, 0.2) is 0 Å². The molecule has 5 heteroatoms. The fourth-order valence-corrected chi connectivity index (χ4v) is 2.02. The number of hydrogen-bond donors (Lipinski definition) is 2. The van der Waals surface area contributed by atoms with Crippen molar-refractivity contribution >= 4 is 5.91 Å². The number of ether oxygens (including phenoxy) is 2. The lowest BCUT2D eigenvalue weighted by molar-refractivity contribution is -0.124. The van der Waals surface area contributed by atoms with Crippen molar-refractivity contribution in [2.45, 2.75) is 38.8 Å². The second-order valence-electron chi connectivity index (χ2n) is 5.52. The van der Waals surface area contributed by atoms with Crippen molar-refractivity contribution in [3.8, 4) is 5.75 Å². The van der Waals surface area contributed by atoms with E-state index in [9.17, 15) is 4.79 Å². The summed E-state index contributed by atoms with van der Waals surface area (Å²) in [5.41, 5.74) is 4.71. The highest BCUT2D eigenvalue weighted by Gasteiger charge is 2.30. The molecule has 1 unspecified atom stereocenters. The number of nitrogens with one attached hydrogen (secondary N) is 1. The topological polar surface area (TPSA) is 73.6 Å². The first-order chi connectivity index (χ1) is 9.94. The maximum atomic E-state index is 11.5. The predicted octanol–water partition coefficient (Wildman–Crippen LogP) is 1.71. The number of amides is 1. The fraction of sp³-hybridized carbons (Fsp3) is 0.562. The summed E-state index contributed by atoms with van der Waals surface area (Å²) in [6.45, 7) is 7.18. The van der Waals surface area contributed by atoms with Crippen molar-refractivity contribution < 1.29 is 14.3 Å². The molecule has 0 saturated heterocycles. The number of para-hydroxylation sites is 1. The average Bonchev–Trinajstić information content (AvgIpc) is 2.43. The van der Waals surface area contributed by atoms with Gasteiger partial charge in [-0.25, -0.2) is 0 Å². The summed E-state index contributed by atoms with van der Waals surface area (Å²) in [6.07, 6.45) is 0.534. The van der Waals surface area contributed by atoms with Crippen LogP contribution in [-0.4, -0.2) is 37.3 Å². The summed E-state index contributed by atoms with van der Waals surface area (Å²) < 4.78 is 11.0. The average molecular weight is 294 g/mol. The van der Waals surface area contributed by atoms with E-state index in [2.05, 4.69) is 5.32 Å². The smallest absolute Gasteiger partial charge is 0.237 e. The molecule has 0 aliphatic heterocycles. The Hall–Kier alpha value is -1.59. The number of carbonyl (C=O) groups excluding carboxylic acids is 1. The van der Waals surface area contributed by atoms with Gasteiger partial charge in [-0.1, -0.05) is 18.2 Å². The summed E-state index contributed by atoms with van der Waals surface area (Å²) in [7, 11) is 0. The normalized spacial score (nSPS) is 13.9. The van der Waals surface area contributed by atoms with Gasteiger partial charge >= 0.3 is 0 Å². The molecule has 0 bridgehead atoms. The van der Waals surface area contributed by atoms with Gasteiger partial charge in [-0.15, -0.1) is 0 Å². The Balaban J connectivity index is 2.21. The van der Waals surface area contributed by atoms with Crippen molar-refractivity contribution in [2.24, 2.45) is 5.73 Å². The molecule has 1 atom stereocenters. The van der Waals surface area contributed by atoms with Gasteiger partial charge in [-0.05, 0) is 39.3 Å². The lowest BCUT2D eigenvalue weighted by Gasteiger charge is -2.29. The molecular formula is C16H26N2O3. The van der Waals surface area contributed by atoms with E-state index >= 15 is 0 Å². The van der Waals surface area contributed by atoms with Crippen LogP contribution >= 0.6 is 0 Å². The van der Waals surface area contributed by atoms with E-state index in [1.54, 1.807) is 6.92 Å². The quantitative estimate of drug-likeness (QED) is 0.644. The van der Waals surface area contributed by atoms with Crippen LogP contribution in [0.1, 0.15) is 27.2 Å². The fourth-order valence-electron chi connectivity index (χ4n) is 2.02. The van der Waals surface area contributed by atoms with E-state index in [-0.39, 0.29) is 11.9 Å². The third kappa shape index (κ3) is 6.60. The van der Waals surface area contributed by atoms with Gasteiger partial charge in [0, 0.05) is 12.6 Å². The van der Waals surface area contributed by atoms with E-state index in [0.29, 0.717) is 26.2 Å². The molecule has 1 rings (SSSR count). The van der Waals surface area contributed by atoms with Crippen LogP contribution in [0.25, 0.3) is 0 Å². The zero-order valence-corrected chi connectivity index (χ0v) is 13.1. The standard InChI is InChI=1S/C16H26N2O3/c1-13(2)18-16(3,15(17)19)9-10-20-11-12-21-14-7-5-4-6-8-14/h4-8,13,18H,9-12H2,1-3H3,(H2,17,19). The molecule has 0 aromatic heterocycles. The number of carbonyl (C=O) groups is 1. The van der Waals surface area contributed by atoms with Crippen LogP contribution in [0, 0.1) is 0 Å². The lowest BCUT2D eigenvalue weighted by Crippen LogP contribution is -2.56. The van der Waals surface area contributed by atoms with E-state index < -0.39 is 5.54 Å². The summed E-state index contributed by atoms with van der Waals surface area (Å²) in [6, 6.07) is 9.77. The van der Waals surface area contributed by atoms with Crippen LogP contribution in [0.2, 0.25) is 0 Å². The van der Waals surface area contributed by atoms with E-state index in [1.165, 1.54) is 0 Å². The summed E-state index contributed by atoms with van der Waals surface area (Å²) in [5.74, 6) is 0.463. The Morgan fingerprint density at radius 1 is 1.24 bits per heavy atom. The van der Waals surface area contributed by atoms with Crippen LogP contribution in [-0.2, 0) is 9.53 Å². The first kappa shape index (κ1) is 17.5. The van der Waals surface area contributed by atoms with E-state index in [4.69, 9.17) is 15.2 Å². The van der Waals surface area contributed by atoms with Crippen LogP contribution in [0.3, 0.4) is 0 Å². The number of nitrogens with two attached hydrogens (primary N) is 1. The first-order valence-corrected chi connectivity index (χ1v) is 7.27. The predicted molar refractivity (Wildman–Crippen MR) is 83.2 cm³/mol. The molecule has 0 spiro atoms. The largest absolute Gasteiger partial charge is 0.491 e. The third-order valence-corrected chi connectivity index (χ3v) is 3.14. The zero-order valence-electron chi connectivity index (χ0n) is 13.1. The van der Waals surface area contributed by atoms with E-state index in [0.717, 1.165) is 5.75 Å². The van der Waals surface area contributed by atoms with Crippen molar-refractivity contribution in [3.63, 3.8) is 0 Å². The molecule has 0 fully saturated rings. The first-order valence-electron chi connectivity index (χ1n) is 7.27. The van der Waals surface area contributed by atoms with Gasteiger partial charge in [0.05, 0.1) is 12.1 Å². The minimum Gasteiger partial charge on any atom is -0.491 e. The molecule has 1 amide bonds. The second-order valence-corrected chi connectivity index (χ2v) is 5.52. The Morgan fingerprint density at radius 3 is 2.48 bits per heavy atom. The molecule has 1 aromatic rings. The second kappa shape index (κ2) is 8.64. The van der Waals surface area contributed by atoms with Crippen molar-refractivity contribution in [2.75, 3.05) is 19.8 Å². The summed E-state index contributed by atoms with van der Waals surface area (Å²) in [5, 5.41) is 3.19. The van der Waals surface area contributed by atoms with Crippen molar-refractivity contribution in [1.29, 1.82) is 0 Å². The minimum absolute atomic E-state index is 0.184. The highest BCUT2D eigenvalue weighted by atomic mass is 16.5. The molecule has 0 radical (unpaired) electrons. The Kier molecular flexibility index (Phi) is 7.19. The number of benzene rings is 1. The molecule has 0 heterocycles. The molecule has 21 heavy (non-hydrogen) atoms. The van der Waals surface area contributed by atoms with Crippen LogP contribution in [0.5, 0.6) is 5.75 Å². The van der Waals surface area contributed by atoms with Crippen molar-refractivity contribution in [3.05, 3.63) is 30.3 Å². The zero-order chi connectivity index (χ0) is 15.7. The Labute approximate surface area is 126 Å². The highest BCUT2D eigenvalue weighted by Crippen LogP contribution is 2.11. The molecule has 118 valence electrons. The summed E-state index contributed by atoms with van der Waals surface area (Å²) >= 11 is 0. The number of rotatable bonds is 10. The lowest BCUT2D eigenvalue weighted by atomic mass is 9.96. The monoisotopic (exact) mass is 294 g/mol. The molecule has 0 aliphatic carbocycles. The van der Waals surface area contributed by atoms with Crippen LogP contribution in [0.4, 0.5) is 0 Å². The Bertz CT molecular complexity index is 423. The van der Waals surface area contributed by atoms with Gasteiger partial charge < -0.3 is 20.5 Å². The van der Waals surface area contributed by atoms with Crippen LogP contribution < -0.4 is 15.8 Å². The van der Waals surface area contributed by atoms with Gasteiger partial charge in [0.1, 0.15) is 12.4 Å². The third-order valence-electron chi connectivity index (χ3n) is 3.14. The van der Waals surface area contributed by atoms with Crippen LogP contribution in [0.15, 0.2) is 30.3 Å². The molecule has 5 nitrogen and oxygen atoms in total. The van der Waals surface area contributed by atoms with Gasteiger partial charge in [0.25, 0.3) is 0 Å². The number of primary amides is 1. The maximum absolute atomic E-state index is 11.5. The molecule has 3 N–H and O–H groups in total. The Morgan fingerprint density at radius 2 is 1.90 bits per heavy atom. The number of hydrogen-bond acceptors (Lipinski definition) is 4. The SMILES string of the molecule is CC(C)NC(C)(CCOCCOc1ccccc1)C(N)=O. The highest BCUT2D eigenvalue weighted by molar-refractivity contribution is 5.84. The van der Waals surface area contributed by atoms with Gasteiger partial charge in [0.2, 0.25) is 5.91 Å². The minimum atomic E-state index is -0.742. The summed E-state index contributed by atoms with van der Waals surface area (Å²) in [4.78, 5) is 11.5. The van der Waals surface area contributed by atoms with Gasteiger partial charge in [-0.3, -0.25) is 4.79 Å². The molecule has 1 aromatic carbocycles. The van der Waals surface area contributed by atoms with Gasteiger partial charge in [-0.2, -0.15) is 0 Å².